The Bertz CT molecular complexity index is 599. The van der Waals surface area contributed by atoms with E-state index in [1.54, 1.807) is 18.9 Å². The van der Waals surface area contributed by atoms with Crippen LogP contribution in [0.25, 0.3) is 0 Å². The van der Waals surface area contributed by atoms with E-state index in [9.17, 15) is 4.79 Å². The van der Waals surface area contributed by atoms with Crippen LogP contribution in [0.3, 0.4) is 0 Å². The summed E-state index contributed by atoms with van der Waals surface area (Å²) >= 11 is 1.67. The zero-order valence-corrected chi connectivity index (χ0v) is 12.7. The largest absolute Gasteiger partial charge is 0.497 e. The quantitative estimate of drug-likeness (QED) is 0.805. The van der Waals surface area contributed by atoms with Crippen LogP contribution in [0.2, 0.25) is 0 Å². The van der Waals surface area contributed by atoms with Gasteiger partial charge in [-0.1, -0.05) is 24.3 Å². The van der Waals surface area contributed by atoms with Crippen molar-refractivity contribution in [2.45, 2.75) is 10.6 Å². The molecule has 0 aromatic heterocycles. The maximum atomic E-state index is 11.4. The number of ether oxygens (including phenoxy) is 1. The molecule has 3 N–H and O–H groups in total. The van der Waals surface area contributed by atoms with Crippen molar-refractivity contribution < 1.29 is 9.53 Å². The first-order chi connectivity index (χ1) is 10.2. The van der Waals surface area contributed by atoms with Crippen LogP contribution in [0.1, 0.15) is 5.56 Å². The van der Waals surface area contributed by atoms with Gasteiger partial charge in [-0.25, -0.2) is 0 Å². The van der Waals surface area contributed by atoms with Gasteiger partial charge in [-0.05, 0) is 29.8 Å². The number of nitrogens with two attached hydrogens (primary N) is 1. The standard InChI is InChI=1S/C16H18N2O2S/c1-20-13-8-6-12(7-9-13)11-21-15-5-3-2-4-14(15)18-16(19)10-17/h2-9H,10-11,17H2,1H3,(H,18,19). The Morgan fingerprint density at radius 1 is 1.19 bits per heavy atom. The van der Waals surface area contributed by atoms with Crippen molar-refractivity contribution in [3.8, 4) is 5.75 Å². The van der Waals surface area contributed by atoms with Crippen LogP contribution in [-0.2, 0) is 10.5 Å². The highest BCUT2D eigenvalue weighted by Crippen LogP contribution is 2.30. The molecule has 0 unspecified atom stereocenters. The molecule has 0 radical (unpaired) electrons. The van der Waals surface area contributed by atoms with Crippen LogP contribution >= 0.6 is 11.8 Å². The third-order valence-corrected chi connectivity index (χ3v) is 4.04. The van der Waals surface area contributed by atoms with Crippen molar-refractivity contribution in [2.24, 2.45) is 5.73 Å². The average molecular weight is 302 g/mol. The van der Waals surface area contributed by atoms with Gasteiger partial charge in [0.25, 0.3) is 0 Å². The second-order valence-corrected chi connectivity index (χ2v) is 5.40. The Labute approximate surface area is 128 Å². The first kappa shape index (κ1) is 15.4. The molecule has 4 nitrogen and oxygen atoms in total. The fraction of sp³-hybridized carbons (Fsp3) is 0.188. The number of thioether (sulfide) groups is 1. The third kappa shape index (κ3) is 4.51. The average Bonchev–Trinajstić information content (AvgIpc) is 2.54. The minimum atomic E-state index is -0.188. The highest BCUT2D eigenvalue weighted by Gasteiger charge is 2.06. The number of carbonyl (C=O) groups is 1. The minimum Gasteiger partial charge on any atom is -0.497 e. The van der Waals surface area contributed by atoms with Crippen molar-refractivity contribution in [3.05, 3.63) is 54.1 Å². The summed E-state index contributed by atoms with van der Waals surface area (Å²) < 4.78 is 5.14. The SMILES string of the molecule is COc1ccc(CSc2ccccc2NC(=O)CN)cc1. The van der Waals surface area contributed by atoms with E-state index in [0.717, 1.165) is 22.1 Å². The fourth-order valence-electron chi connectivity index (χ4n) is 1.78. The molecule has 0 aliphatic rings. The van der Waals surface area contributed by atoms with Gasteiger partial charge < -0.3 is 15.8 Å². The first-order valence-electron chi connectivity index (χ1n) is 6.57. The molecule has 5 heteroatoms. The van der Waals surface area contributed by atoms with Crippen molar-refractivity contribution in [2.75, 3.05) is 19.0 Å². The Hall–Kier alpha value is -1.98. The monoisotopic (exact) mass is 302 g/mol. The molecular formula is C16H18N2O2S. The summed E-state index contributed by atoms with van der Waals surface area (Å²) in [6.07, 6.45) is 0. The van der Waals surface area contributed by atoms with Crippen LogP contribution in [0.5, 0.6) is 5.75 Å². The van der Waals surface area contributed by atoms with Crippen LogP contribution in [-0.4, -0.2) is 19.6 Å². The third-order valence-electron chi connectivity index (χ3n) is 2.90. The molecule has 110 valence electrons. The van der Waals surface area contributed by atoms with E-state index in [4.69, 9.17) is 10.5 Å². The molecule has 21 heavy (non-hydrogen) atoms. The normalized spacial score (nSPS) is 10.2. The molecule has 0 aliphatic carbocycles. The second-order valence-electron chi connectivity index (χ2n) is 4.39. The van der Waals surface area contributed by atoms with Gasteiger partial charge in [0.2, 0.25) is 5.91 Å². The number of rotatable bonds is 6. The van der Waals surface area contributed by atoms with Crippen LogP contribution < -0.4 is 15.8 Å². The molecule has 0 spiro atoms. The highest BCUT2D eigenvalue weighted by molar-refractivity contribution is 7.98. The minimum absolute atomic E-state index is 0.0164. The lowest BCUT2D eigenvalue weighted by Crippen LogP contribution is -2.22. The molecule has 0 heterocycles. The maximum absolute atomic E-state index is 11.4. The van der Waals surface area contributed by atoms with E-state index in [0.29, 0.717) is 0 Å². The number of anilines is 1. The smallest absolute Gasteiger partial charge is 0.238 e. The van der Waals surface area contributed by atoms with Crippen LogP contribution in [0.4, 0.5) is 5.69 Å². The first-order valence-corrected chi connectivity index (χ1v) is 7.56. The molecular weight excluding hydrogens is 284 g/mol. The van der Waals surface area contributed by atoms with Crippen molar-refractivity contribution >= 4 is 23.4 Å². The van der Waals surface area contributed by atoms with Gasteiger partial charge in [-0.2, -0.15) is 0 Å². The summed E-state index contributed by atoms with van der Waals surface area (Å²) in [6, 6.07) is 15.7. The number of nitrogens with one attached hydrogen (secondary N) is 1. The van der Waals surface area contributed by atoms with Gasteiger partial charge >= 0.3 is 0 Å². The van der Waals surface area contributed by atoms with E-state index in [2.05, 4.69) is 5.32 Å². The Balaban J connectivity index is 2.03. The van der Waals surface area contributed by atoms with Gasteiger partial charge in [0.1, 0.15) is 5.75 Å². The van der Waals surface area contributed by atoms with Crippen LogP contribution in [0, 0.1) is 0 Å². The Morgan fingerprint density at radius 2 is 1.90 bits per heavy atom. The summed E-state index contributed by atoms with van der Waals surface area (Å²) in [4.78, 5) is 12.4. The zero-order chi connectivity index (χ0) is 15.1. The van der Waals surface area contributed by atoms with Crippen LogP contribution in [0.15, 0.2) is 53.4 Å². The van der Waals surface area contributed by atoms with Crippen molar-refractivity contribution in [3.63, 3.8) is 0 Å². The van der Waals surface area contributed by atoms with Gasteiger partial charge in [0, 0.05) is 10.6 Å². The number of benzene rings is 2. The predicted octanol–water partition coefficient (Wildman–Crippen LogP) is 2.88. The van der Waals surface area contributed by atoms with E-state index < -0.39 is 0 Å². The zero-order valence-electron chi connectivity index (χ0n) is 11.8. The molecule has 0 saturated carbocycles. The molecule has 2 aromatic carbocycles. The Kier molecular flexibility index (Phi) is 5.66. The number of hydrogen-bond donors (Lipinski definition) is 2. The van der Waals surface area contributed by atoms with E-state index in [1.807, 2.05) is 48.5 Å². The highest BCUT2D eigenvalue weighted by atomic mass is 32.2. The fourth-order valence-corrected chi connectivity index (χ4v) is 2.74. The lowest BCUT2D eigenvalue weighted by atomic mass is 10.2. The van der Waals surface area contributed by atoms with Gasteiger partial charge in [0.15, 0.2) is 0 Å². The summed E-state index contributed by atoms with van der Waals surface area (Å²) in [6.45, 7) is -0.0164. The lowest BCUT2D eigenvalue weighted by Gasteiger charge is -2.10. The number of hydrogen-bond acceptors (Lipinski definition) is 4. The summed E-state index contributed by atoms with van der Waals surface area (Å²) in [5.41, 5.74) is 7.32. The maximum Gasteiger partial charge on any atom is 0.238 e. The number of para-hydroxylation sites is 1. The van der Waals surface area contributed by atoms with Gasteiger partial charge in [-0.3, -0.25) is 4.79 Å². The van der Waals surface area contributed by atoms with Gasteiger partial charge in [0.05, 0.1) is 19.3 Å². The lowest BCUT2D eigenvalue weighted by molar-refractivity contribution is -0.114. The molecule has 1 amide bonds. The molecule has 0 saturated heterocycles. The van der Waals surface area contributed by atoms with E-state index >= 15 is 0 Å². The predicted molar refractivity (Wildman–Crippen MR) is 86.7 cm³/mol. The Morgan fingerprint density at radius 3 is 2.57 bits per heavy atom. The topological polar surface area (TPSA) is 64.3 Å². The molecule has 0 aliphatic heterocycles. The molecule has 2 rings (SSSR count). The number of carbonyl (C=O) groups excluding carboxylic acids is 1. The summed E-state index contributed by atoms with van der Waals surface area (Å²) in [5.74, 6) is 1.48. The van der Waals surface area contributed by atoms with Gasteiger partial charge in [-0.15, -0.1) is 11.8 Å². The van der Waals surface area contributed by atoms with E-state index in [-0.39, 0.29) is 12.5 Å². The van der Waals surface area contributed by atoms with E-state index in [1.165, 1.54) is 5.56 Å². The molecule has 2 aromatic rings. The van der Waals surface area contributed by atoms with Crippen molar-refractivity contribution in [1.29, 1.82) is 0 Å². The number of methoxy groups -OCH3 is 1. The number of amides is 1. The second kappa shape index (κ2) is 7.71. The van der Waals surface area contributed by atoms with Crippen molar-refractivity contribution in [1.82, 2.24) is 0 Å². The molecule has 0 bridgehead atoms. The summed E-state index contributed by atoms with van der Waals surface area (Å²) in [5, 5.41) is 2.81. The summed E-state index contributed by atoms with van der Waals surface area (Å²) in [7, 11) is 1.65. The molecule has 0 atom stereocenters. The molecule has 0 fully saturated rings.